The number of ketones is 1. The standard InChI is InChI=1S/C45H75N9O11/c1-11-25(6)36(53-40(60)31(47-10)21-29-17-15-14-16-18-29)43(63)49-32(22-55)41(61)48-30(19-20-34(46)58)39(59)52-38(27(8)13-3)45(65)54-37(26(7)12-2)44(64)50-33(23-56)42(62)51-35(24(4)5)28(9)57/h14-18,24-27,30-33,35-38,47,55-56H,11-13,19-23H2,1-10H3,(H2,46,58)(H,48,61)(H,49,63)(H,50,64)(H,51,62)(H,52,59)(H,53,60)(H,54,65). The van der Waals surface area contributed by atoms with Gasteiger partial charge in [-0.3, -0.25) is 43.2 Å². The number of hydrogen-bond acceptors (Lipinski definition) is 12. The average molecular weight is 918 g/mol. The summed E-state index contributed by atoms with van der Waals surface area (Å²) in [5.41, 5.74) is 6.28. The van der Waals surface area contributed by atoms with Gasteiger partial charge in [-0.25, -0.2) is 0 Å². The molecule has 0 bridgehead atoms. The van der Waals surface area contributed by atoms with Gasteiger partial charge in [0, 0.05) is 6.42 Å². The number of carbonyl (C=O) groups is 9. The van der Waals surface area contributed by atoms with Crippen molar-refractivity contribution in [3.63, 3.8) is 0 Å². The monoisotopic (exact) mass is 918 g/mol. The van der Waals surface area contributed by atoms with Crippen molar-refractivity contribution in [3.05, 3.63) is 35.9 Å². The maximum absolute atomic E-state index is 14.0. The van der Waals surface area contributed by atoms with E-state index in [1.165, 1.54) is 6.92 Å². The lowest BCUT2D eigenvalue weighted by atomic mass is 9.94. The highest BCUT2D eigenvalue weighted by Crippen LogP contribution is 2.15. The second-order valence-electron chi connectivity index (χ2n) is 17.0. The minimum Gasteiger partial charge on any atom is -0.394 e. The molecule has 366 valence electrons. The van der Waals surface area contributed by atoms with Gasteiger partial charge in [0.25, 0.3) is 0 Å². The number of benzene rings is 1. The fourth-order valence-electron chi connectivity index (χ4n) is 6.76. The summed E-state index contributed by atoms with van der Waals surface area (Å²) in [6.07, 6.45) is 0.804. The van der Waals surface area contributed by atoms with E-state index in [1.54, 1.807) is 55.5 Å². The molecule has 0 fully saturated rings. The molecule has 65 heavy (non-hydrogen) atoms. The fraction of sp³-hybridized carbons (Fsp3) is 0.667. The van der Waals surface area contributed by atoms with Crippen molar-refractivity contribution in [3.8, 4) is 0 Å². The van der Waals surface area contributed by atoms with Crippen LogP contribution in [0.3, 0.4) is 0 Å². The van der Waals surface area contributed by atoms with Gasteiger partial charge in [0.2, 0.25) is 47.3 Å². The number of aliphatic hydroxyl groups is 2. The highest BCUT2D eigenvalue weighted by Gasteiger charge is 2.37. The van der Waals surface area contributed by atoms with E-state index in [1.807, 2.05) is 37.3 Å². The number of rotatable bonds is 30. The molecule has 1 aromatic rings. The molecule has 12 N–H and O–H groups in total. The van der Waals surface area contributed by atoms with E-state index >= 15 is 0 Å². The normalized spacial score (nSPS) is 16.3. The predicted octanol–water partition coefficient (Wildman–Crippen LogP) is -1.16. The van der Waals surface area contributed by atoms with Crippen LogP contribution in [-0.2, 0) is 49.6 Å². The first-order chi connectivity index (χ1) is 30.6. The van der Waals surface area contributed by atoms with Crippen LogP contribution in [0.25, 0.3) is 0 Å². The molecule has 11 unspecified atom stereocenters. The van der Waals surface area contributed by atoms with Crippen LogP contribution in [0.5, 0.6) is 0 Å². The van der Waals surface area contributed by atoms with Gasteiger partial charge in [-0.05, 0) is 56.0 Å². The Balaban J connectivity index is 3.32. The molecule has 0 aromatic heterocycles. The molecule has 20 nitrogen and oxygen atoms in total. The highest BCUT2D eigenvalue weighted by atomic mass is 16.3. The van der Waals surface area contributed by atoms with Gasteiger partial charge in [-0.2, -0.15) is 0 Å². The summed E-state index contributed by atoms with van der Waals surface area (Å²) < 4.78 is 0. The third kappa shape index (κ3) is 18.9. The first-order valence-corrected chi connectivity index (χ1v) is 22.4. The Labute approximate surface area is 382 Å². The van der Waals surface area contributed by atoms with Gasteiger partial charge < -0.3 is 58.5 Å². The molecule has 11 atom stereocenters. The van der Waals surface area contributed by atoms with Crippen LogP contribution < -0.4 is 48.3 Å². The van der Waals surface area contributed by atoms with Crippen molar-refractivity contribution < 1.29 is 53.4 Å². The number of nitrogens with one attached hydrogen (secondary N) is 8. The van der Waals surface area contributed by atoms with Crippen molar-refractivity contribution in [2.45, 2.75) is 149 Å². The maximum atomic E-state index is 14.0. The number of nitrogens with two attached hydrogens (primary N) is 1. The lowest BCUT2D eigenvalue weighted by Crippen LogP contribution is -2.62. The van der Waals surface area contributed by atoms with E-state index in [2.05, 4.69) is 42.5 Å². The fourth-order valence-corrected chi connectivity index (χ4v) is 6.76. The van der Waals surface area contributed by atoms with E-state index in [0.717, 1.165) is 5.56 Å². The van der Waals surface area contributed by atoms with Crippen molar-refractivity contribution in [1.29, 1.82) is 0 Å². The maximum Gasteiger partial charge on any atom is 0.245 e. The molecule has 8 amide bonds. The van der Waals surface area contributed by atoms with Crippen LogP contribution in [0.15, 0.2) is 30.3 Å². The molecule has 1 rings (SSSR count). The molecule has 0 aliphatic heterocycles. The first-order valence-electron chi connectivity index (χ1n) is 22.4. The smallest absolute Gasteiger partial charge is 0.245 e. The SMILES string of the molecule is CCC(C)C(NC(=O)C(Cc1ccccc1)NC)C(=O)NC(CO)C(=O)NC(CCC(N)=O)C(=O)NC(C(=O)NC(C(=O)NC(CO)C(=O)NC(C(C)=O)C(C)C)C(C)CC)C(C)CC. The van der Waals surface area contributed by atoms with E-state index < -0.39 is 127 Å². The number of Topliss-reactive ketones (excluding diaryl/α,β-unsaturated/α-hetero) is 1. The number of hydrogen-bond donors (Lipinski definition) is 11. The predicted molar refractivity (Wildman–Crippen MR) is 243 cm³/mol. The van der Waals surface area contributed by atoms with Crippen LogP contribution >= 0.6 is 0 Å². The van der Waals surface area contributed by atoms with E-state index in [0.29, 0.717) is 25.7 Å². The van der Waals surface area contributed by atoms with Crippen LogP contribution in [0.1, 0.15) is 100.0 Å². The van der Waals surface area contributed by atoms with Crippen molar-refractivity contribution >= 4 is 53.0 Å². The van der Waals surface area contributed by atoms with Crippen molar-refractivity contribution in [2.24, 2.45) is 29.4 Å². The molecule has 0 saturated heterocycles. The summed E-state index contributed by atoms with van der Waals surface area (Å²) in [5, 5.41) is 41.2. The zero-order chi connectivity index (χ0) is 49.6. The zero-order valence-electron chi connectivity index (χ0n) is 39.6. The first kappa shape index (κ1) is 57.5. The Morgan fingerprint density at radius 2 is 0.877 bits per heavy atom. The van der Waals surface area contributed by atoms with Gasteiger partial charge in [0.1, 0.15) is 36.3 Å². The molecular weight excluding hydrogens is 843 g/mol. The van der Waals surface area contributed by atoms with Crippen LogP contribution in [-0.4, -0.2) is 132 Å². The summed E-state index contributed by atoms with van der Waals surface area (Å²) in [6.45, 7) is 13.4. The second kappa shape index (κ2) is 29.1. The van der Waals surface area contributed by atoms with Crippen LogP contribution in [0, 0.1) is 23.7 Å². The Morgan fingerprint density at radius 3 is 1.25 bits per heavy atom. The van der Waals surface area contributed by atoms with Gasteiger partial charge in [0.05, 0.1) is 25.3 Å². The Bertz CT molecular complexity index is 1750. The summed E-state index contributed by atoms with van der Waals surface area (Å²) in [5.74, 6) is -8.48. The number of carbonyl (C=O) groups excluding carboxylic acids is 9. The van der Waals surface area contributed by atoms with Gasteiger partial charge in [-0.1, -0.05) is 105 Å². The number of likely N-dealkylation sites (N-methyl/N-ethyl adjacent to an activating group) is 1. The molecule has 0 aliphatic rings. The van der Waals surface area contributed by atoms with Crippen LogP contribution in [0.2, 0.25) is 0 Å². The van der Waals surface area contributed by atoms with Crippen molar-refractivity contribution in [2.75, 3.05) is 20.3 Å². The highest BCUT2D eigenvalue weighted by molar-refractivity contribution is 5.98. The van der Waals surface area contributed by atoms with Crippen molar-refractivity contribution in [1.82, 2.24) is 42.5 Å². The average Bonchev–Trinajstić information content (AvgIpc) is 3.28. The minimum atomic E-state index is -1.62. The molecule has 0 heterocycles. The molecule has 20 heteroatoms. The summed E-state index contributed by atoms with van der Waals surface area (Å²) in [7, 11) is 1.61. The molecule has 0 aliphatic carbocycles. The van der Waals surface area contributed by atoms with E-state index in [9.17, 15) is 53.4 Å². The Morgan fingerprint density at radius 1 is 0.523 bits per heavy atom. The number of primary amides is 1. The molecular formula is C45H75N9O11. The summed E-state index contributed by atoms with van der Waals surface area (Å²) >= 11 is 0. The molecule has 0 spiro atoms. The topological polar surface area (TPSA) is 316 Å². The molecule has 1 aromatic carbocycles. The number of amides is 8. The zero-order valence-corrected chi connectivity index (χ0v) is 39.6. The number of aliphatic hydroxyl groups excluding tert-OH is 2. The van der Waals surface area contributed by atoms with Gasteiger partial charge >= 0.3 is 0 Å². The lowest BCUT2D eigenvalue weighted by molar-refractivity contribution is -0.137. The van der Waals surface area contributed by atoms with Crippen LogP contribution in [0.4, 0.5) is 0 Å². The molecule has 0 saturated carbocycles. The Hall–Kier alpha value is -5.47. The Kier molecular flexibility index (Phi) is 25.8. The quantitative estimate of drug-likeness (QED) is 0.0436. The lowest BCUT2D eigenvalue weighted by Gasteiger charge is -2.31. The third-order valence-corrected chi connectivity index (χ3v) is 11.7. The van der Waals surface area contributed by atoms with E-state index in [4.69, 9.17) is 5.73 Å². The largest absolute Gasteiger partial charge is 0.394 e. The summed E-state index contributed by atoms with van der Waals surface area (Å²) in [6, 6.07) is -0.597. The minimum absolute atomic E-state index is 0.275. The second-order valence-corrected chi connectivity index (χ2v) is 17.0. The summed E-state index contributed by atoms with van der Waals surface area (Å²) in [4.78, 5) is 119. The van der Waals surface area contributed by atoms with Gasteiger partial charge in [-0.15, -0.1) is 0 Å². The molecule has 0 radical (unpaired) electrons. The van der Waals surface area contributed by atoms with Gasteiger partial charge in [0.15, 0.2) is 5.78 Å². The third-order valence-electron chi connectivity index (χ3n) is 11.7. The van der Waals surface area contributed by atoms with E-state index in [-0.39, 0.29) is 24.5 Å².